The van der Waals surface area contributed by atoms with Crippen LogP contribution in [0.1, 0.15) is 16.0 Å². The van der Waals surface area contributed by atoms with E-state index in [1.54, 1.807) is 29.8 Å². The first-order valence-electron chi connectivity index (χ1n) is 8.69. The van der Waals surface area contributed by atoms with Gasteiger partial charge in [0.05, 0.1) is 17.5 Å². The molecule has 0 aliphatic carbocycles. The maximum atomic E-state index is 13.4. The van der Waals surface area contributed by atoms with Crippen LogP contribution in [0.3, 0.4) is 0 Å². The van der Waals surface area contributed by atoms with Gasteiger partial charge in [-0.25, -0.2) is 14.4 Å². The molecule has 0 amide bonds. The van der Waals surface area contributed by atoms with Gasteiger partial charge in [0.15, 0.2) is 0 Å². The molecule has 2 N–H and O–H groups in total. The third-order valence-corrected chi connectivity index (χ3v) is 6.93. The van der Waals surface area contributed by atoms with E-state index in [2.05, 4.69) is 20.9 Å². The number of nitrogens with two attached hydrogens (primary N) is 1. The molecule has 4 heterocycles. The van der Waals surface area contributed by atoms with E-state index in [9.17, 15) is 9.65 Å². The number of nitrogen functional groups attached to an aromatic ring is 1. The largest absolute Gasteiger partial charge is 0.389 e. The lowest BCUT2D eigenvalue weighted by Crippen LogP contribution is -2.30. The number of halogens is 1. The number of anilines is 2. The van der Waals surface area contributed by atoms with E-state index in [0.717, 1.165) is 50.6 Å². The highest BCUT2D eigenvalue weighted by Gasteiger charge is 2.26. The van der Waals surface area contributed by atoms with Gasteiger partial charge in [0.2, 0.25) is 0 Å². The van der Waals surface area contributed by atoms with Gasteiger partial charge in [-0.2, -0.15) is 5.26 Å². The van der Waals surface area contributed by atoms with Crippen LogP contribution >= 0.6 is 22.7 Å². The summed E-state index contributed by atoms with van der Waals surface area (Å²) in [5, 5.41) is 13.0. The van der Waals surface area contributed by atoms with Gasteiger partial charge < -0.3 is 10.6 Å². The molecular weight excluding hydrogens is 393 g/mol. The first-order valence-corrected chi connectivity index (χ1v) is 10.4. The first-order chi connectivity index (χ1) is 13.7. The highest BCUT2D eigenvalue weighted by atomic mass is 32.1. The summed E-state index contributed by atoms with van der Waals surface area (Å²) in [6, 6.07) is 8.72. The van der Waals surface area contributed by atoms with Crippen molar-refractivity contribution in [2.24, 2.45) is 0 Å². The summed E-state index contributed by atoms with van der Waals surface area (Å²) in [6.45, 7) is 1.42. The van der Waals surface area contributed by atoms with E-state index in [-0.39, 0.29) is 5.82 Å². The summed E-state index contributed by atoms with van der Waals surface area (Å²) < 4.78 is 13.4. The molecule has 5 nitrogen and oxygen atoms in total. The van der Waals surface area contributed by atoms with E-state index in [0.29, 0.717) is 17.1 Å². The van der Waals surface area contributed by atoms with Crippen molar-refractivity contribution in [3.8, 4) is 17.2 Å². The Balaban J connectivity index is 1.61. The van der Waals surface area contributed by atoms with Crippen molar-refractivity contribution in [2.75, 3.05) is 17.2 Å². The predicted octanol–water partition coefficient (Wildman–Crippen LogP) is 4.58. The Bertz CT molecular complexity index is 1240. The number of aromatic nitrogens is 2. The Labute approximate surface area is 168 Å². The lowest BCUT2D eigenvalue weighted by molar-refractivity contribution is 0.628. The maximum absolute atomic E-state index is 13.4. The van der Waals surface area contributed by atoms with Crippen molar-refractivity contribution in [1.82, 2.24) is 9.97 Å². The molecule has 3 aromatic heterocycles. The van der Waals surface area contributed by atoms with Crippen molar-refractivity contribution >= 4 is 43.7 Å². The number of fused-ring (bicyclic) bond motifs is 2. The fourth-order valence-corrected chi connectivity index (χ4v) is 5.66. The molecule has 5 rings (SSSR count). The minimum Gasteiger partial charge on any atom is -0.389 e. The summed E-state index contributed by atoms with van der Waals surface area (Å²) in [6.07, 6.45) is 2.34. The quantitative estimate of drug-likeness (QED) is 0.526. The molecule has 0 atom stereocenters. The van der Waals surface area contributed by atoms with Gasteiger partial charge in [-0.1, -0.05) is 12.1 Å². The fraction of sp³-hybridized carbons (Fsp3) is 0.150. The van der Waals surface area contributed by atoms with E-state index >= 15 is 0 Å². The molecule has 0 fully saturated rings. The molecule has 28 heavy (non-hydrogen) atoms. The molecule has 0 saturated carbocycles. The molecule has 0 radical (unpaired) electrons. The predicted molar refractivity (Wildman–Crippen MR) is 111 cm³/mol. The number of benzene rings is 1. The SMILES string of the molecule is N#Cc1c(N)sc2c1CCN(c1ncnc3scc(-c4ccc(F)cc4)c13)C2. The smallest absolute Gasteiger partial charge is 0.141 e. The number of nitriles is 1. The summed E-state index contributed by atoms with van der Waals surface area (Å²) >= 11 is 3.04. The van der Waals surface area contributed by atoms with Crippen LogP contribution < -0.4 is 10.6 Å². The van der Waals surface area contributed by atoms with Crippen molar-refractivity contribution in [3.05, 3.63) is 57.8 Å². The Kier molecular flexibility index (Phi) is 4.00. The average molecular weight is 407 g/mol. The topological polar surface area (TPSA) is 78.8 Å². The van der Waals surface area contributed by atoms with Gasteiger partial charge in [0.25, 0.3) is 0 Å². The van der Waals surface area contributed by atoms with Crippen molar-refractivity contribution in [3.63, 3.8) is 0 Å². The zero-order valence-electron chi connectivity index (χ0n) is 14.6. The zero-order chi connectivity index (χ0) is 19.3. The first kappa shape index (κ1) is 17.1. The molecule has 138 valence electrons. The van der Waals surface area contributed by atoms with E-state index in [4.69, 9.17) is 5.73 Å². The molecule has 1 aliphatic rings. The highest BCUT2D eigenvalue weighted by molar-refractivity contribution is 7.17. The van der Waals surface area contributed by atoms with Gasteiger partial charge in [-0.15, -0.1) is 22.7 Å². The van der Waals surface area contributed by atoms with Crippen molar-refractivity contribution < 1.29 is 4.39 Å². The van der Waals surface area contributed by atoms with Crippen LogP contribution in [0.5, 0.6) is 0 Å². The standard InChI is InChI=1S/C20H14FN5S2/c21-12-3-1-11(2-4-12)15-9-27-20-17(15)19(24-10-25-20)26-6-5-13-14(7-22)18(23)28-16(13)8-26/h1-4,9-10H,5-6,8,23H2. The van der Waals surface area contributed by atoms with Crippen LogP contribution in [0.15, 0.2) is 36.0 Å². The number of rotatable bonds is 2. The van der Waals surface area contributed by atoms with Gasteiger partial charge in [0.1, 0.15) is 33.9 Å². The molecule has 1 aromatic carbocycles. The van der Waals surface area contributed by atoms with E-state index in [1.807, 2.05) is 5.38 Å². The minimum absolute atomic E-state index is 0.258. The Hall–Kier alpha value is -3.02. The van der Waals surface area contributed by atoms with Crippen LogP contribution in [0.4, 0.5) is 15.2 Å². The molecule has 4 aromatic rings. The summed E-state index contributed by atoms with van der Waals surface area (Å²) in [7, 11) is 0. The van der Waals surface area contributed by atoms with Crippen LogP contribution in [0, 0.1) is 17.1 Å². The van der Waals surface area contributed by atoms with Gasteiger partial charge in [0, 0.05) is 22.4 Å². The van der Waals surface area contributed by atoms with Crippen molar-refractivity contribution in [2.45, 2.75) is 13.0 Å². The molecule has 1 aliphatic heterocycles. The third-order valence-electron chi connectivity index (χ3n) is 5.00. The second-order valence-corrected chi connectivity index (χ2v) is 8.55. The lowest BCUT2D eigenvalue weighted by Gasteiger charge is -2.28. The molecule has 0 unspecified atom stereocenters. The molecule has 8 heteroatoms. The molecule has 0 saturated heterocycles. The van der Waals surface area contributed by atoms with Crippen molar-refractivity contribution in [1.29, 1.82) is 5.26 Å². The summed E-state index contributed by atoms with van der Waals surface area (Å²) in [4.78, 5) is 13.2. The van der Waals surface area contributed by atoms with Crippen LogP contribution in [0.25, 0.3) is 21.3 Å². The lowest BCUT2D eigenvalue weighted by atomic mass is 10.0. The third kappa shape index (κ3) is 2.63. The second kappa shape index (κ2) is 6.55. The monoisotopic (exact) mass is 407 g/mol. The van der Waals surface area contributed by atoms with Gasteiger partial charge in [-0.3, -0.25) is 0 Å². The number of hydrogen-bond donors (Lipinski definition) is 1. The Morgan fingerprint density at radius 3 is 2.82 bits per heavy atom. The normalized spacial score (nSPS) is 13.5. The van der Waals surface area contributed by atoms with Crippen LogP contribution in [0.2, 0.25) is 0 Å². The van der Waals surface area contributed by atoms with E-state index < -0.39 is 0 Å². The maximum Gasteiger partial charge on any atom is 0.141 e. The van der Waals surface area contributed by atoms with Gasteiger partial charge >= 0.3 is 0 Å². The number of nitrogens with zero attached hydrogens (tertiary/aromatic N) is 4. The van der Waals surface area contributed by atoms with E-state index in [1.165, 1.54) is 23.5 Å². The summed E-state index contributed by atoms with van der Waals surface area (Å²) in [5.41, 5.74) is 9.65. The Morgan fingerprint density at radius 2 is 2.04 bits per heavy atom. The summed E-state index contributed by atoms with van der Waals surface area (Å²) in [5.74, 6) is 0.605. The molecular formula is C20H14FN5S2. The molecule has 0 spiro atoms. The number of thiophene rings is 2. The highest BCUT2D eigenvalue weighted by Crippen LogP contribution is 2.41. The average Bonchev–Trinajstić information content (AvgIpc) is 3.28. The fourth-order valence-electron chi connectivity index (χ4n) is 3.67. The zero-order valence-corrected chi connectivity index (χ0v) is 16.3. The van der Waals surface area contributed by atoms with Crippen LogP contribution in [-0.4, -0.2) is 16.5 Å². The van der Waals surface area contributed by atoms with Crippen LogP contribution in [-0.2, 0) is 13.0 Å². The van der Waals surface area contributed by atoms with Gasteiger partial charge in [-0.05, 0) is 29.7 Å². The minimum atomic E-state index is -0.258. The Morgan fingerprint density at radius 1 is 1.21 bits per heavy atom. The second-order valence-electron chi connectivity index (χ2n) is 6.56. The number of hydrogen-bond acceptors (Lipinski definition) is 7. The molecule has 0 bridgehead atoms.